The van der Waals surface area contributed by atoms with Gasteiger partial charge in [0.15, 0.2) is 6.10 Å². The minimum atomic E-state index is -4.27. The van der Waals surface area contributed by atoms with Crippen LogP contribution in [0.1, 0.15) is 175 Å². The molecule has 0 radical (unpaired) electrons. The molecule has 0 bridgehead atoms. The van der Waals surface area contributed by atoms with E-state index < -0.39 is 26.5 Å². The molecule has 0 amide bonds. The summed E-state index contributed by atoms with van der Waals surface area (Å²) in [6, 6.07) is 0. The molecule has 0 aliphatic rings. The Hall–Kier alpha value is -1.73. The normalized spacial score (nSPS) is 13.8. The van der Waals surface area contributed by atoms with Gasteiger partial charge in [-0.3, -0.25) is 18.6 Å². The highest BCUT2D eigenvalue weighted by atomic mass is 31.2. The van der Waals surface area contributed by atoms with Gasteiger partial charge in [0.05, 0.1) is 13.2 Å². The lowest BCUT2D eigenvalue weighted by Crippen LogP contribution is -2.29. The molecule has 1 N–H and O–H groups in total. The van der Waals surface area contributed by atoms with Crippen molar-refractivity contribution in [1.82, 2.24) is 0 Å². The summed E-state index contributed by atoms with van der Waals surface area (Å²) < 4.78 is 32.5. The maximum atomic E-state index is 12.5. The van der Waals surface area contributed by atoms with Crippen molar-refractivity contribution in [3.63, 3.8) is 0 Å². The number of esters is 2. The summed E-state index contributed by atoms with van der Waals surface area (Å²) in [6.45, 7) is 5.39. The highest BCUT2D eigenvalue weighted by Gasteiger charge is 2.25. The van der Waals surface area contributed by atoms with Crippen molar-refractivity contribution in [3.05, 3.63) is 36.5 Å². The SMILES string of the molecule is CCCCC/C=C\C/C=C\C/C=C\CCCCCCCCC(=O)OC(COC(=O)CCCCCCCCCCC)COP(=O)(O)OCC. The summed E-state index contributed by atoms with van der Waals surface area (Å²) in [5.74, 6) is -0.815. The summed E-state index contributed by atoms with van der Waals surface area (Å²) in [4.78, 5) is 34.5. The lowest BCUT2D eigenvalue weighted by atomic mass is 10.1. The standard InChI is InChI=1S/C39H71O8P/c1-4-7-9-11-13-15-16-17-18-19-20-21-22-23-24-26-28-30-32-34-39(41)47-37(36-46-48(42,43)45-6-3)35-44-38(40)33-31-29-27-25-14-12-10-8-5-2/h13,15,17-18,20-21,37H,4-12,14,16,19,22-36H2,1-3H3,(H,42,43)/b15-13-,18-17-,21-20-. The van der Waals surface area contributed by atoms with Gasteiger partial charge >= 0.3 is 19.8 Å². The molecule has 0 aromatic rings. The number of phosphoric acid groups is 1. The van der Waals surface area contributed by atoms with E-state index >= 15 is 0 Å². The van der Waals surface area contributed by atoms with Crippen LogP contribution < -0.4 is 0 Å². The van der Waals surface area contributed by atoms with Crippen LogP contribution in [0.5, 0.6) is 0 Å². The van der Waals surface area contributed by atoms with Gasteiger partial charge < -0.3 is 14.4 Å². The van der Waals surface area contributed by atoms with Gasteiger partial charge in [-0.1, -0.05) is 140 Å². The molecule has 0 heterocycles. The van der Waals surface area contributed by atoms with Gasteiger partial charge in [0, 0.05) is 12.8 Å². The van der Waals surface area contributed by atoms with E-state index in [1.54, 1.807) is 6.92 Å². The molecule has 2 unspecified atom stereocenters. The summed E-state index contributed by atoms with van der Waals surface area (Å²) in [6.07, 6.45) is 37.7. The van der Waals surface area contributed by atoms with Crippen LogP contribution in [0.2, 0.25) is 0 Å². The zero-order chi connectivity index (χ0) is 35.4. The van der Waals surface area contributed by atoms with Crippen LogP contribution in [0.15, 0.2) is 36.5 Å². The topological polar surface area (TPSA) is 108 Å². The minimum absolute atomic E-state index is 0.00215. The molecule has 0 rings (SSSR count). The lowest BCUT2D eigenvalue weighted by molar-refractivity contribution is -0.161. The molecule has 0 aromatic heterocycles. The van der Waals surface area contributed by atoms with Crippen LogP contribution in [0.4, 0.5) is 0 Å². The van der Waals surface area contributed by atoms with Gasteiger partial charge in [-0.05, 0) is 58.3 Å². The maximum absolute atomic E-state index is 12.5. The van der Waals surface area contributed by atoms with E-state index in [-0.39, 0.29) is 25.6 Å². The molecule has 0 fully saturated rings. The monoisotopic (exact) mass is 698 g/mol. The fourth-order valence-electron chi connectivity index (χ4n) is 5.11. The molecule has 2 atom stereocenters. The van der Waals surface area contributed by atoms with Crippen molar-refractivity contribution < 1.29 is 37.6 Å². The number of rotatable bonds is 35. The lowest BCUT2D eigenvalue weighted by Gasteiger charge is -2.19. The molecule has 0 spiro atoms. The summed E-state index contributed by atoms with van der Waals surface area (Å²) in [5.41, 5.74) is 0. The van der Waals surface area contributed by atoms with Gasteiger partial charge in [-0.2, -0.15) is 0 Å². The first kappa shape index (κ1) is 46.3. The van der Waals surface area contributed by atoms with Crippen LogP contribution in [-0.4, -0.2) is 42.8 Å². The van der Waals surface area contributed by atoms with E-state index in [1.807, 2.05) is 0 Å². The second kappa shape index (κ2) is 35.1. The van der Waals surface area contributed by atoms with Gasteiger partial charge in [-0.15, -0.1) is 0 Å². The average molecular weight is 699 g/mol. The number of ether oxygens (including phenoxy) is 2. The molecular weight excluding hydrogens is 627 g/mol. The number of phosphoric ester groups is 1. The number of carbonyl (C=O) groups is 2. The van der Waals surface area contributed by atoms with E-state index in [0.29, 0.717) is 12.8 Å². The molecule has 0 saturated heterocycles. The third-order valence-corrected chi connectivity index (χ3v) is 9.01. The predicted molar refractivity (Wildman–Crippen MR) is 198 cm³/mol. The Kier molecular flexibility index (Phi) is 33.8. The van der Waals surface area contributed by atoms with E-state index in [2.05, 4.69) is 50.3 Å². The highest BCUT2D eigenvalue weighted by Crippen LogP contribution is 2.43. The Morgan fingerprint density at radius 1 is 0.562 bits per heavy atom. The van der Waals surface area contributed by atoms with E-state index in [9.17, 15) is 19.0 Å². The Morgan fingerprint density at radius 3 is 1.54 bits per heavy atom. The van der Waals surface area contributed by atoms with E-state index in [4.69, 9.17) is 18.5 Å². The average Bonchev–Trinajstić information content (AvgIpc) is 3.06. The van der Waals surface area contributed by atoms with Crippen molar-refractivity contribution in [1.29, 1.82) is 0 Å². The number of unbranched alkanes of at least 4 members (excludes halogenated alkanes) is 17. The summed E-state index contributed by atoms with van der Waals surface area (Å²) >= 11 is 0. The third kappa shape index (κ3) is 34.1. The molecule has 0 aliphatic carbocycles. The van der Waals surface area contributed by atoms with Crippen molar-refractivity contribution in [3.8, 4) is 0 Å². The number of allylic oxidation sites excluding steroid dienone is 6. The Morgan fingerprint density at radius 2 is 1.00 bits per heavy atom. The maximum Gasteiger partial charge on any atom is 0.472 e. The summed E-state index contributed by atoms with van der Waals surface area (Å²) in [5, 5.41) is 0. The first-order valence-corrected chi connectivity index (χ1v) is 20.8. The zero-order valence-electron chi connectivity index (χ0n) is 30.9. The Labute approximate surface area is 294 Å². The van der Waals surface area contributed by atoms with Crippen molar-refractivity contribution in [2.75, 3.05) is 19.8 Å². The van der Waals surface area contributed by atoms with Gasteiger partial charge in [0.25, 0.3) is 0 Å². The molecule has 48 heavy (non-hydrogen) atoms. The quantitative estimate of drug-likeness (QED) is 0.0301. The van der Waals surface area contributed by atoms with Crippen LogP contribution in [0, 0.1) is 0 Å². The molecule has 8 nitrogen and oxygen atoms in total. The van der Waals surface area contributed by atoms with Crippen LogP contribution >= 0.6 is 7.82 Å². The fourth-order valence-corrected chi connectivity index (χ4v) is 5.86. The number of carbonyl (C=O) groups excluding carboxylic acids is 2. The minimum Gasteiger partial charge on any atom is -0.462 e. The van der Waals surface area contributed by atoms with Crippen LogP contribution in [0.3, 0.4) is 0 Å². The first-order valence-electron chi connectivity index (χ1n) is 19.3. The van der Waals surface area contributed by atoms with Gasteiger partial charge in [0.1, 0.15) is 6.61 Å². The Balaban J connectivity index is 4.13. The molecule has 9 heteroatoms. The smallest absolute Gasteiger partial charge is 0.462 e. The molecule has 280 valence electrons. The van der Waals surface area contributed by atoms with E-state index in [1.165, 1.54) is 77.0 Å². The Bertz CT molecular complexity index is 885. The highest BCUT2D eigenvalue weighted by molar-refractivity contribution is 7.47. The fraction of sp³-hybridized carbons (Fsp3) is 0.795. The van der Waals surface area contributed by atoms with Crippen molar-refractivity contribution in [2.24, 2.45) is 0 Å². The molecule has 0 aromatic carbocycles. The van der Waals surface area contributed by atoms with Crippen molar-refractivity contribution in [2.45, 2.75) is 181 Å². The van der Waals surface area contributed by atoms with E-state index in [0.717, 1.165) is 57.8 Å². The van der Waals surface area contributed by atoms with Crippen LogP contribution in [-0.2, 0) is 32.7 Å². The van der Waals surface area contributed by atoms with Gasteiger partial charge in [-0.25, -0.2) is 4.57 Å². The second-order valence-electron chi connectivity index (χ2n) is 12.6. The van der Waals surface area contributed by atoms with Gasteiger partial charge in [0.2, 0.25) is 0 Å². The number of hydrogen-bond acceptors (Lipinski definition) is 7. The molecular formula is C39H71O8P. The second-order valence-corrected chi connectivity index (χ2v) is 14.1. The summed E-state index contributed by atoms with van der Waals surface area (Å²) in [7, 11) is -4.27. The number of hydrogen-bond donors (Lipinski definition) is 1. The van der Waals surface area contributed by atoms with Crippen LogP contribution in [0.25, 0.3) is 0 Å². The molecule has 0 saturated carbocycles. The van der Waals surface area contributed by atoms with Crippen molar-refractivity contribution >= 4 is 19.8 Å². The largest absolute Gasteiger partial charge is 0.472 e. The predicted octanol–water partition coefficient (Wildman–Crippen LogP) is 11.7. The first-order chi connectivity index (χ1) is 23.3. The zero-order valence-corrected chi connectivity index (χ0v) is 31.8. The third-order valence-electron chi connectivity index (χ3n) is 7.95. The molecule has 0 aliphatic heterocycles.